The lowest BCUT2D eigenvalue weighted by atomic mass is 9.48. The van der Waals surface area contributed by atoms with Crippen LogP contribution in [0, 0.1) is 46.3 Å². The Morgan fingerprint density at radius 1 is 1.13 bits per heavy atom. The Morgan fingerprint density at radius 2 is 1.90 bits per heavy atom. The monoisotopic (exact) mass is 412 g/mol. The van der Waals surface area contributed by atoms with Crippen LogP contribution in [0.25, 0.3) is 0 Å². The zero-order valence-electron chi connectivity index (χ0n) is 19.3. The minimum atomic E-state index is -0.663. The molecule has 4 rings (SSSR count). The van der Waals surface area contributed by atoms with Crippen LogP contribution in [0.2, 0.25) is 0 Å². The molecule has 0 bridgehead atoms. The van der Waals surface area contributed by atoms with Crippen LogP contribution in [0.1, 0.15) is 85.5 Å². The maximum Gasteiger partial charge on any atom is 0.306 e. The molecule has 4 aliphatic rings. The first-order chi connectivity index (χ1) is 14.2. The third kappa shape index (κ3) is 3.50. The van der Waals surface area contributed by atoms with Crippen molar-refractivity contribution >= 4 is 11.8 Å². The number of carbonyl (C=O) groups is 2. The second kappa shape index (κ2) is 7.95. The summed E-state index contributed by atoms with van der Waals surface area (Å²) in [5.41, 5.74) is 1.88. The Balaban J connectivity index is 1.47. The molecule has 0 radical (unpaired) electrons. The van der Waals surface area contributed by atoms with Gasteiger partial charge in [-0.25, -0.2) is 0 Å². The van der Waals surface area contributed by atoms with Crippen LogP contribution < -0.4 is 0 Å². The fourth-order valence-electron chi connectivity index (χ4n) is 8.04. The van der Waals surface area contributed by atoms with Crippen molar-refractivity contribution < 1.29 is 14.7 Å². The van der Waals surface area contributed by atoms with Gasteiger partial charge >= 0.3 is 5.97 Å². The highest BCUT2D eigenvalue weighted by atomic mass is 16.4. The fraction of sp³-hybridized carbons (Fsp3) is 0.778. The molecule has 0 amide bonds. The van der Waals surface area contributed by atoms with Gasteiger partial charge < -0.3 is 5.11 Å². The largest absolute Gasteiger partial charge is 0.481 e. The average molecular weight is 413 g/mol. The molecule has 8 atom stereocenters. The molecule has 2 saturated carbocycles. The number of hydrogen-bond acceptors (Lipinski definition) is 2. The molecular formula is C27H40O3. The Morgan fingerprint density at radius 3 is 2.63 bits per heavy atom. The van der Waals surface area contributed by atoms with Crippen LogP contribution in [0.4, 0.5) is 0 Å². The molecule has 0 aromatic carbocycles. The quantitative estimate of drug-likeness (QED) is 0.546. The molecule has 30 heavy (non-hydrogen) atoms. The SMILES string of the molecule is CC(CCC[C@H](C)C(=O)O)[C@H]1CCC2C3C=CC4=CC(=O)CC[C@]4(C)C3CC[C@@]21C. The lowest BCUT2D eigenvalue weighted by Crippen LogP contribution is -2.49. The van der Waals surface area contributed by atoms with Crippen molar-refractivity contribution in [3.8, 4) is 0 Å². The topological polar surface area (TPSA) is 54.4 Å². The molecule has 2 fully saturated rings. The zero-order valence-corrected chi connectivity index (χ0v) is 19.3. The Labute approximate surface area is 182 Å². The second-order valence-electron chi connectivity index (χ2n) is 11.5. The molecule has 1 N–H and O–H groups in total. The van der Waals surface area contributed by atoms with E-state index in [1.807, 2.05) is 13.0 Å². The summed E-state index contributed by atoms with van der Waals surface area (Å²) in [6, 6.07) is 0. The summed E-state index contributed by atoms with van der Waals surface area (Å²) in [6.45, 7) is 9.24. The zero-order chi connectivity index (χ0) is 21.7. The van der Waals surface area contributed by atoms with E-state index in [4.69, 9.17) is 5.11 Å². The molecule has 0 spiro atoms. The van der Waals surface area contributed by atoms with Gasteiger partial charge in [0.05, 0.1) is 5.92 Å². The second-order valence-corrected chi connectivity index (χ2v) is 11.5. The van der Waals surface area contributed by atoms with Crippen LogP contribution in [0.15, 0.2) is 23.8 Å². The molecular weight excluding hydrogens is 372 g/mol. The molecule has 166 valence electrons. The van der Waals surface area contributed by atoms with Crippen LogP contribution in [-0.4, -0.2) is 16.9 Å². The third-order valence-corrected chi connectivity index (χ3v) is 9.99. The molecule has 0 aromatic rings. The lowest BCUT2D eigenvalue weighted by molar-refractivity contribution is -0.141. The first-order valence-corrected chi connectivity index (χ1v) is 12.3. The Bertz CT molecular complexity index is 764. The molecule has 0 saturated heterocycles. The van der Waals surface area contributed by atoms with E-state index in [2.05, 4.69) is 32.9 Å². The van der Waals surface area contributed by atoms with Gasteiger partial charge in [-0.15, -0.1) is 0 Å². The van der Waals surface area contributed by atoms with Gasteiger partial charge in [-0.2, -0.15) is 0 Å². The Kier molecular flexibility index (Phi) is 5.79. The molecule has 3 heteroatoms. The fourth-order valence-corrected chi connectivity index (χ4v) is 8.04. The standard InChI is InChI=1S/C27H40O3/c1-17(6-5-7-18(2)25(29)30)22-10-11-23-21-9-8-19-16-20(28)12-14-26(19,3)24(21)13-15-27(22,23)4/h8-9,16-18,21-24H,5-7,10-15H2,1-4H3,(H,29,30)/t17?,18-,21?,22+,23?,24?,26-,27+/m0/s1. The highest BCUT2D eigenvalue weighted by molar-refractivity contribution is 5.92. The van der Waals surface area contributed by atoms with Crippen molar-refractivity contribution in [2.75, 3.05) is 0 Å². The molecule has 3 nitrogen and oxygen atoms in total. The molecule has 0 heterocycles. The summed E-state index contributed by atoms with van der Waals surface area (Å²) < 4.78 is 0. The molecule has 0 aliphatic heterocycles. The number of aliphatic carboxylic acids is 1. The maximum atomic E-state index is 12.0. The van der Waals surface area contributed by atoms with Crippen molar-refractivity contribution in [2.45, 2.75) is 85.5 Å². The number of fused-ring (bicyclic) bond motifs is 5. The van der Waals surface area contributed by atoms with Crippen LogP contribution in [0.3, 0.4) is 0 Å². The number of carboxylic acids is 1. The number of rotatable bonds is 6. The van der Waals surface area contributed by atoms with Crippen molar-refractivity contribution in [1.82, 2.24) is 0 Å². The number of hydrogen-bond donors (Lipinski definition) is 1. The number of carboxylic acid groups (broad SMARTS) is 1. The van der Waals surface area contributed by atoms with Gasteiger partial charge in [-0.1, -0.05) is 52.7 Å². The maximum absolute atomic E-state index is 12.0. The molecule has 4 unspecified atom stereocenters. The minimum absolute atomic E-state index is 0.186. The highest BCUT2D eigenvalue weighted by Gasteiger charge is 2.58. The van der Waals surface area contributed by atoms with Crippen LogP contribution in [0.5, 0.6) is 0 Å². The van der Waals surface area contributed by atoms with Gasteiger partial charge in [0.25, 0.3) is 0 Å². The minimum Gasteiger partial charge on any atom is -0.481 e. The number of carbonyl (C=O) groups excluding carboxylic acids is 1. The lowest BCUT2D eigenvalue weighted by Gasteiger charge is -2.56. The summed E-state index contributed by atoms with van der Waals surface area (Å²) in [7, 11) is 0. The number of ketones is 1. The number of allylic oxidation sites excluding steroid dienone is 4. The van der Waals surface area contributed by atoms with Gasteiger partial charge in [0, 0.05) is 6.42 Å². The van der Waals surface area contributed by atoms with E-state index >= 15 is 0 Å². The predicted octanol–water partition coefficient (Wildman–Crippen LogP) is 6.44. The smallest absolute Gasteiger partial charge is 0.306 e. The Hall–Kier alpha value is -1.38. The van der Waals surface area contributed by atoms with Gasteiger partial charge in [0.1, 0.15) is 0 Å². The summed E-state index contributed by atoms with van der Waals surface area (Å²) in [5.74, 6) is 2.94. The first-order valence-electron chi connectivity index (χ1n) is 12.3. The van der Waals surface area contributed by atoms with Crippen molar-refractivity contribution in [3.63, 3.8) is 0 Å². The van der Waals surface area contributed by atoms with Gasteiger partial charge in [0.2, 0.25) is 0 Å². The van der Waals surface area contributed by atoms with E-state index in [1.54, 1.807) is 0 Å². The summed E-state index contributed by atoms with van der Waals surface area (Å²) in [5, 5.41) is 9.15. The van der Waals surface area contributed by atoms with Crippen molar-refractivity contribution in [1.29, 1.82) is 0 Å². The van der Waals surface area contributed by atoms with E-state index in [0.29, 0.717) is 35.4 Å². The third-order valence-electron chi connectivity index (χ3n) is 9.99. The van der Waals surface area contributed by atoms with E-state index in [-0.39, 0.29) is 11.3 Å². The van der Waals surface area contributed by atoms with E-state index in [9.17, 15) is 9.59 Å². The summed E-state index contributed by atoms with van der Waals surface area (Å²) >= 11 is 0. The van der Waals surface area contributed by atoms with E-state index in [0.717, 1.165) is 37.5 Å². The van der Waals surface area contributed by atoms with Gasteiger partial charge in [-0.05, 0) is 90.6 Å². The van der Waals surface area contributed by atoms with Crippen molar-refractivity contribution in [2.24, 2.45) is 46.3 Å². The summed E-state index contributed by atoms with van der Waals surface area (Å²) in [6.07, 6.45) is 16.7. The average Bonchev–Trinajstić information content (AvgIpc) is 3.05. The van der Waals surface area contributed by atoms with Crippen molar-refractivity contribution in [3.05, 3.63) is 23.8 Å². The molecule has 0 aromatic heterocycles. The van der Waals surface area contributed by atoms with Gasteiger partial charge in [-0.3, -0.25) is 9.59 Å². The van der Waals surface area contributed by atoms with Crippen LogP contribution in [-0.2, 0) is 9.59 Å². The first kappa shape index (κ1) is 21.8. The van der Waals surface area contributed by atoms with E-state index < -0.39 is 5.97 Å². The molecule has 4 aliphatic carbocycles. The summed E-state index contributed by atoms with van der Waals surface area (Å²) in [4.78, 5) is 23.1. The normalized spacial score (nSPS) is 42.0. The predicted molar refractivity (Wildman–Crippen MR) is 120 cm³/mol. The highest BCUT2D eigenvalue weighted by Crippen LogP contribution is 2.66. The van der Waals surface area contributed by atoms with Crippen LogP contribution >= 0.6 is 0 Å². The van der Waals surface area contributed by atoms with Gasteiger partial charge in [0.15, 0.2) is 5.78 Å². The van der Waals surface area contributed by atoms with E-state index in [1.165, 1.54) is 31.3 Å².